The Balaban J connectivity index is 0.000000492. The zero-order valence-corrected chi connectivity index (χ0v) is 19.8. The second-order valence-corrected chi connectivity index (χ2v) is 7.07. The number of carboxylic acids is 1. The van der Waals surface area contributed by atoms with Gasteiger partial charge in [-0.25, -0.2) is 9.59 Å². The van der Waals surface area contributed by atoms with E-state index in [1.165, 1.54) is 18.2 Å². The van der Waals surface area contributed by atoms with Crippen LogP contribution in [0.3, 0.4) is 0 Å². The molecule has 0 saturated heterocycles. The van der Waals surface area contributed by atoms with Crippen LogP contribution in [0, 0.1) is 10.3 Å². The van der Waals surface area contributed by atoms with Crippen molar-refractivity contribution in [3.63, 3.8) is 0 Å². The van der Waals surface area contributed by atoms with Crippen LogP contribution in [0.15, 0.2) is 24.3 Å². The molecule has 0 saturated carbocycles. The number of hydrogen-bond donors (Lipinski definition) is 4. The smallest absolute Gasteiger partial charge is 0.870 e. The number of hydrogen-bond acceptors (Lipinski definition) is 7. The van der Waals surface area contributed by atoms with Gasteiger partial charge in [-0.1, -0.05) is 22.7 Å². The first-order valence-electron chi connectivity index (χ1n) is 7.78. The Kier molecular flexibility index (Phi) is 12.0. The first-order valence-corrected chi connectivity index (χ1v) is 9.42. The molecule has 158 valence electrons. The maximum atomic E-state index is 12.7. The van der Waals surface area contributed by atoms with E-state index < -0.39 is 11.9 Å². The van der Waals surface area contributed by atoms with Crippen LogP contribution in [0.4, 0.5) is 8.78 Å². The molecule has 4 rings (SSSR count). The fourth-order valence-electron chi connectivity index (χ4n) is 2.22. The molecule has 0 fully saturated rings. The van der Waals surface area contributed by atoms with Gasteiger partial charge in [-0.05, 0) is 31.2 Å². The molecule has 0 unspecified atom stereocenters. The fourth-order valence-corrected chi connectivity index (χ4v) is 3.77. The summed E-state index contributed by atoms with van der Waals surface area (Å²) in [6.45, 7) is 2.07. The van der Waals surface area contributed by atoms with E-state index in [-0.39, 0.29) is 51.0 Å². The van der Waals surface area contributed by atoms with Crippen LogP contribution in [-0.2, 0) is 4.74 Å². The van der Waals surface area contributed by atoms with Crippen LogP contribution in [0.1, 0.15) is 27.9 Å². The van der Waals surface area contributed by atoms with Gasteiger partial charge in [0.2, 0.25) is 0 Å². The number of carbonyl (C=O) groups excluding carboxylic acids is 1. The van der Waals surface area contributed by atoms with E-state index >= 15 is 0 Å². The molecule has 30 heavy (non-hydrogen) atoms. The molecule has 0 amide bonds. The van der Waals surface area contributed by atoms with Crippen molar-refractivity contribution in [1.29, 1.82) is 0 Å². The molecule has 4 aromatic heterocycles. The normalized spacial score (nSPS) is 9.50. The molecule has 5 N–H and O–H groups in total. The number of carbonyl (C=O) groups is 2. The van der Waals surface area contributed by atoms with Crippen LogP contribution >= 0.6 is 22.7 Å². The number of aliphatic hydroxyl groups excluding tert-OH is 1. The minimum absolute atomic E-state index is 0. The molecule has 0 spiro atoms. The summed E-state index contributed by atoms with van der Waals surface area (Å²) in [4.78, 5) is 28.3. The van der Waals surface area contributed by atoms with Crippen LogP contribution in [-0.4, -0.2) is 51.3 Å². The Bertz CT molecular complexity index is 1040. The van der Waals surface area contributed by atoms with Crippen molar-refractivity contribution in [2.24, 2.45) is 0 Å². The summed E-state index contributed by atoms with van der Waals surface area (Å²) >= 11 is 1.88. The van der Waals surface area contributed by atoms with Crippen molar-refractivity contribution in [2.45, 2.75) is 6.92 Å². The van der Waals surface area contributed by atoms with Gasteiger partial charge in [-0.2, -0.15) is 8.78 Å². The number of aromatic nitrogens is 2. The van der Waals surface area contributed by atoms with Crippen molar-refractivity contribution < 1.29 is 68.4 Å². The predicted octanol–water partition coefficient (Wildman–Crippen LogP) is 1.05. The van der Waals surface area contributed by atoms with Crippen molar-refractivity contribution in [3.8, 4) is 0 Å². The summed E-state index contributed by atoms with van der Waals surface area (Å²) in [5.41, 5.74) is 0.462. The zero-order valence-electron chi connectivity index (χ0n) is 16.2. The third kappa shape index (κ3) is 6.87. The maximum absolute atomic E-state index is 12.7. The second kappa shape index (κ2) is 12.8. The molecule has 0 radical (unpaired) electrons. The number of halogens is 2. The van der Waals surface area contributed by atoms with E-state index in [4.69, 9.17) is 14.9 Å². The Morgan fingerprint density at radius 3 is 1.80 bits per heavy atom. The molecular formula is C17H17F2N2NaO6S2. The zero-order chi connectivity index (χ0) is 20.8. The summed E-state index contributed by atoms with van der Waals surface area (Å²) < 4.78 is 30.1. The largest absolute Gasteiger partial charge is 1.00 e. The number of aliphatic hydroxyl groups is 1. The molecule has 0 bridgehead atoms. The van der Waals surface area contributed by atoms with Gasteiger partial charge >= 0.3 is 41.5 Å². The summed E-state index contributed by atoms with van der Waals surface area (Å²) in [6.07, 6.45) is 0. The number of ether oxygens (including phenoxy) is 1. The summed E-state index contributed by atoms with van der Waals surface area (Å²) in [7, 11) is 1.00. The van der Waals surface area contributed by atoms with E-state index in [0.717, 1.165) is 29.8 Å². The number of aromatic carboxylic acids is 1. The van der Waals surface area contributed by atoms with Crippen molar-refractivity contribution in [2.75, 3.05) is 13.7 Å². The molecule has 4 heterocycles. The Morgan fingerprint density at radius 1 is 0.967 bits per heavy atom. The number of thiophene rings is 2. The molecule has 8 nitrogen and oxygen atoms in total. The third-order valence-electron chi connectivity index (χ3n) is 3.28. The van der Waals surface area contributed by atoms with E-state index in [2.05, 4.69) is 9.97 Å². The molecule has 0 aliphatic carbocycles. The van der Waals surface area contributed by atoms with Crippen LogP contribution in [0.5, 0.6) is 0 Å². The summed E-state index contributed by atoms with van der Waals surface area (Å²) in [6, 6.07) is 5.70. The molecule has 13 heteroatoms. The minimum atomic E-state index is -1.03. The molecule has 0 aromatic carbocycles. The van der Waals surface area contributed by atoms with E-state index in [1.807, 2.05) is 0 Å². The topological polar surface area (TPSA) is 145 Å². The van der Waals surface area contributed by atoms with Gasteiger partial charge < -0.3 is 30.4 Å². The molecule has 0 aliphatic heterocycles. The van der Waals surface area contributed by atoms with Crippen molar-refractivity contribution >= 4 is 55.0 Å². The monoisotopic (exact) mass is 470 g/mol. The average Bonchev–Trinajstić information content (AvgIpc) is 3.36. The first kappa shape index (κ1) is 28.2. The van der Waals surface area contributed by atoms with Gasteiger partial charge in [-0.3, -0.25) is 0 Å². The van der Waals surface area contributed by atoms with Crippen LogP contribution < -0.4 is 29.6 Å². The predicted molar refractivity (Wildman–Crippen MR) is 105 cm³/mol. The van der Waals surface area contributed by atoms with E-state index in [0.29, 0.717) is 32.7 Å². The number of carboxylic acid groups (broad SMARTS) is 1. The number of aromatic amines is 2. The van der Waals surface area contributed by atoms with Gasteiger partial charge in [-0.15, -0.1) is 0 Å². The molecule has 0 atom stereocenters. The standard InChI is InChI=1S/C9H8FNO2S.C7H4FNO2S.CH4O.Na.H2O/c1-2-13-9(12)6-3-5-4-7(10)14-8(5)11-6;8-5-2-3-1-4(7(10)11)9-6(3)12-5;1-2;;/h3-4,11H,2H2,1H3;1-2,9H,(H,10,11);2H,1H3;;1H2/q;;;+1;/p-1. The van der Waals surface area contributed by atoms with Gasteiger partial charge in [0, 0.05) is 17.9 Å². The Hall–Kier alpha value is -1.80. The van der Waals surface area contributed by atoms with Gasteiger partial charge in [0.1, 0.15) is 21.0 Å². The summed E-state index contributed by atoms with van der Waals surface area (Å²) in [5, 5.41) is 16.3. The molecule has 4 aromatic rings. The quantitative estimate of drug-likeness (QED) is 0.260. The van der Waals surface area contributed by atoms with E-state index in [9.17, 15) is 18.4 Å². The van der Waals surface area contributed by atoms with Gasteiger partial charge in [0.15, 0.2) is 10.3 Å². The minimum Gasteiger partial charge on any atom is -0.870 e. The SMILES string of the molecule is CCOC(=O)c1cc2cc(F)sc2[nH]1.CO.O=C(O)c1cc2cc(F)sc2[nH]1.[Na+].[OH-]. The summed E-state index contributed by atoms with van der Waals surface area (Å²) in [5.74, 6) is -1.44. The molecular weight excluding hydrogens is 453 g/mol. The number of rotatable bonds is 3. The number of fused-ring (bicyclic) bond motifs is 2. The Morgan fingerprint density at radius 2 is 1.40 bits per heavy atom. The molecule has 0 aliphatic rings. The average molecular weight is 470 g/mol. The van der Waals surface area contributed by atoms with Crippen molar-refractivity contribution in [3.05, 3.63) is 45.9 Å². The van der Waals surface area contributed by atoms with E-state index in [1.54, 1.807) is 13.0 Å². The second-order valence-electron chi connectivity index (χ2n) is 5.06. The third-order valence-corrected chi connectivity index (χ3v) is 4.99. The first-order chi connectivity index (χ1) is 13.4. The Labute approximate surface area is 199 Å². The number of H-pyrrole nitrogens is 2. The maximum Gasteiger partial charge on any atom is 1.00 e. The van der Waals surface area contributed by atoms with Crippen LogP contribution in [0.2, 0.25) is 0 Å². The number of esters is 1. The van der Waals surface area contributed by atoms with Gasteiger partial charge in [0.25, 0.3) is 0 Å². The van der Waals surface area contributed by atoms with Gasteiger partial charge in [0.05, 0.1) is 6.61 Å². The van der Waals surface area contributed by atoms with Crippen LogP contribution in [0.25, 0.3) is 20.4 Å². The van der Waals surface area contributed by atoms with Crippen molar-refractivity contribution in [1.82, 2.24) is 9.97 Å². The fraction of sp³-hybridized carbons (Fsp3) is 0.176. The number of nitrogens with one attached hydrogen (secondary N) is 2.